The minimum absolute atomic E-state index is 0.179. The summed E-state index contributed by atoms with van der Waals surface area (Å²) in [5.74, 6) is 1.93. The molecule has 31 heavy (non-hydrogen) atoms. The molecular formula is C23H24N5O3+. The molecule has 0 bridgehead atoms. The minimum atomic E-state index is -0.214. The van der Waals surface area contributed by atoms with Gasteiger partial charge in [-0.05, 0) is 42.5 Å². The van der Waals surface area contributed by atoms with Crippen LogP contribution in [0.15, 0.2) is 54.6 Å². The smallest absolute Gasteiger partial charge is 0.255 e. The van der Waals surface area contributed by atoms with Crippen molar-refractivity contribution in [3.8, 4) is 22.8 Å². The van der Waals surface area contributed by atoms with Crippen molar-refractivity contribution >= 4 is 17.4 Å². The third-order valence-electron chi connectivity index (χ3n) is 5.64. The first kappa shape index (κ1) is 19.3. The minimum Gasteiger partial charge on any atom is -0.454 e. The summed E-state index contributed by atoms with van der Waals surface area (Å²) in [5, 5.41) is 11.8. The Morgan fingerprint density at radius 3 is 2.65 bits per heavy atom. The number of benzene rings is 2. The Hall–Kier alpha value is -3.65. The van der Waals surface area contributed by atoms with Gasteiger partial charge in [0, 0.05) is 16.8 Å². The van der Waals surface area contributed by atoms with Gasteiger partial charge in [0.2, 0.25) is 6.79 Å². The van der Waals surface area contributed by atoms with Crippen LogP contribution in [0, 0.1) is 0 Å². The maximum Gasteiger partial charge on any atom is 0.255 e. The van der Waals surface area contributed by atoms with Gasteiger partial charge in [0.05, 0.1) is 38.9 Å². The van der Waals surface area contributed by atoms with Gasteiger partial charge >= 0.3 is 0 Å². The highest BCUT2D eigenvalue weighted by atomic mass is 16.7. The standard InChI is InChI=1S/C23H23N5O3/c1-27-9-11-28(12-10-27)22-8-6-19(25-26-22)16-3-2-4-18(13-16)24-23(29)17-5-7-20-21(14-17)31-15-30-20/h2-8,13-14H,9-12,15H2,1H3,(H,24,29)/p+1. The van der Waals surface area contributed by atoms with Gasteiger partial charge < -0.3 is 24.6 Å². The first-order chi connectivity index (χ1) is 15.2. The summed E-state index contributed by atoms with van der Waals surface area (Å²) < 4.78 is 10.7. The molecular weight excluding hydrogens is 394 g/mol. The van der Waals surface area contributed by atoms with Crippen LogP contribution in [-0.4, -0.2) is 56.1 Å². The van der Waals surface area contributed by atoms with Crippen molar-refractivity contribution < 1.29 is 19.2 Å². The van der Waals surface area contributed by atoms with E-state index < -0.39 is 0 Å². The van der Waals surface area contributed by atoms with E-state index in [0.29, 0.717) is 22.7 Å². The number of ether oxygens (including phenoxy) is 2. The summed E-state index contributed by atoms with van der Waals surface area (Å²) in [6.45, 7) is 4.36. The number of hydrogen-bond acceptors (Lipinski definition) is 6. The molecule has 0 radical (unpaired) electrons. The highest BCUT2D eigenvalue weighted by molar-refractivity contribution is 6.05. The number of amides is 1. The maximum atomic E-state index is 12.7. The highest BCUT2D eigenvalue weighted by Gasteiger charge is 2.19. The van der Waals surface area contributed by atoms with Crippen LogP contribution < -0.4 is 24.6 Å². The first-order valence-electron chi connectivity index (χ1n) is 10.4. The Morgan fingerprint density at radius 2 is 1.84 bits per heavy atom. The monoisotopic (exact) mass is 418 g/mol. The molecule has 0 atom stereocenters. The molecule has 2 aliphatic heterocycles. The van der Waals surface area contributed by atoms with Crippen molar-refractivity contribution in [3.05, 3.63) is 60.2 Å². The normalized spacial score (nSPS) is 15.7. The van der Waals surface area contributed by atoms with E-state index in [0.717, 1.165) is 43.3 Å². The molecule has 5 rings (SSSR count). The van der Waals surface area contributed by atoms with Crippen molar-refractivity contribution in [1.82, 2.24) is 10.2 Å². The zero-order valence-electron chi connectivity index (χ0n) is 17.3. The number of rotatable bonds is 4. The number of piperazine rings is 1. The van der Waals surface area contributed by atoms with Gasteiger partial charge in [-0.3, -0.25) is 4.79 Å². The van der Waals surface area contributed by atoms with Crippen LogP contribution in [0.2, 0.25) is 0 Å². The van der Waals surface area contributed by atoms with Crippen LogP contribution in [0.5, 0.6) is 11.5 Å². The van der Waals surface area contributed by atoms with Crippen molar-refractivity contribution in [3.63, 3.8) is 0 Å². The second kappa shape index (κ2) is 8.23. The SMILES string of the molecule is C[NH+]1CCN(c2ccc(-c3cccc(NC(=O)c4ccc5c(c4)OCO5)c3)nn2)CC1. The van der Waals surface area contributed by atoms with E-state index >= 15 is 0 Å². The lowest BCUT2D eigenvalue weighted by molar-refractivity contribution is -0.880. The molecule has 2 aromatic carbocycles. The average Bonchev–Trinajstić information content (AvgIpc) is 3.28. The van der Waals surface area contributed by atoms with Gasteiger partial charge in [0.25, 0.3) is 5.91 Å². The number of carbonyl (C=O) groups excluding carboxylic acids is 1. The molecule has 2 aliphatic rings. The Labute approximate surface area is 180 Å². The lowest BCUT2D eigenvalue weighted by Gasteiger charge is -2.30. The number of nitrogens with zero attached hydrogens (tertiary/aromatic N) is 3. The van der Waals surface area contributed by atoms with Crippen molar-refractivity contribution in [2.45, 2.75) is 0 Å². The lowest BCUT2D eigenvalue weighted by Crippen LogP contribution is -3.12. The summed E-state index contributed by atoms with van der Waals surface area (Å²) in [5.41, 5.74) is 2.86. The Balaban J connectivity index is 1.29. The van der Waals surface area contributed by atoms with E-state index in [1.165, 1.54) is 0 Å². The molecule has 1 fully saturated rings. The van der Waals surface area contributed by atoms with E-state index in [9.17, 15) is 4.79 Å². The molecule has 158 valence electrons. The van der Waals surface area contributed by atoms with E-state index in [1.54, 1.807) is 23.1 Å². The van der Waals surface area contributed by atoms with Gasteiger partial charge in [0.1, 0.15) is 0 Å². The third-order valence-corrected chi connectivity index (χ3v) is 5.64. The zero-order chi connectivity index (χ0) is 21.2. The fraction of sp³-hybridized carbons (Fsp3) is 0.261. The number of nitrogens with one attached hydrogen (secondary N) is 2. The predicted octanol–water partition coefficient (Wildman–Crippen LogP) is 1.46. The maximum absolute atomic E-state index is 12.7. The Bertz CT molecular complexity index is 1090. The first-order valence-corrected chi connectivity index (χ1v) is 10.4. The number of carbonyl (C=O) groups is 1. The summed E-state index contributed by atoms with van der Waals surface area (Å²) in [6.07, 6.45) is 0. The molecule has 1 saturated heterocycles. The highest BCUT2D eigenvalue weighted by Crippen LogP contribution is 2.32. The summed E-state index contributed by atoms with van der Waals surface area (Å²) in [4.78, 5) is 16.5. The molecule has 0 spiro atoms. The van der Waals surface area contributed by atoms with Crippen LogP contribution >= 0.6 is 0 Å². The second-order valence-electron chi connectivity index (χ2n) is 7.82. The zero-order valence-corrected chi connectivity index (χ0v) is 17.3. The number of hydrogen-bond donors (Lipinski definition) is 2. The van der Waals surface area contributed by atoms with Crippen molar-refractivity contribution in [2.24, 2.45) is 0 Å². The molecule has 8 nitrogen and oxygen atoms in total. The largest absolute Gasteiger partial charge is 0.454 e. The van der Waals surface area contributed by atoms with Crippen LogP contribution in [0.25, 0.3) is 11.3 Å². The van der Waals surface area contributed by atoms with Crippen LogP contribution in [-0.2, 0) is 0 Å². The van der Waals surface area contributed by atoms with Crippen LogP contribution in [0.3, 0.4) is 0 Å². The molecule has 1 aromatic heterocycles. The number of aromatic nitrogens is 2. The fourth-order valence-electron chi connectivity index (χ4n) is 3.76. The van der Waals surface area contributed by atoms with Gasteiger partial charge in [0.15, 0.2) is 17.3 Å². The summed E-state index contributed by atoms with van der Waals surface area (Å²) in [6, 6.07) is 16.7. The van der Waals surface area contributed by atoms with E-state index in [1.807, 2.05) is 36.4 Å². The predicted molar refractivity (Wildman–Crippen MR) is 117 cm³/mol. The van der Waals surface area contributed by atoms with Gasteiger partial charge in [-0.2, -0.15) is 0 Å². The molecule has 0 aliphatic carbocycles. The third kappa shape index (κ3) is 4.15. The quantitative estimate of drug-likeness (QED) is 0.668. The van der Waals surface area contributed by atoms with Crippen LogP contribution in [0.4, 0.5) is 11.5 Å². The molecule has 8 heteroatoms. The van der Waals surface area contributed by atoms with Gasteiger partial charge in [-0.15, -0.1) is 10.2 Å². The molecule has 1 amide bonds. The average molecular weight is 418 g/mol. The number of quaternary nitrogens is 1. The molecule has 3 heterocycles. The molecule has 0 saturated carbocycles. The van der Waals surface area contributed by atoms with Gasteiger partial charge in [-0.25, -0.2) is 0 Å². The fourth-order valence-corrected chi connectivity index (χ4v) is 3.76. The topological polar surface area (TPSA) is 81.0 Å². The van der Waals surface area contributed by atoms with Gasteiger partial charge in [-0.1, -0.05) is 12.1 Å². The number of fused-ring (bicyclic) bond motifs is 1. The van der Waals surface area contributed by atoms with Crippen LogP contribution in [0.1, 0.15) is 10.4 Å². The van der Waals surface area contributed by atoms with E-state index in [2.05, 4.69) is 27.5 Å². The molecule has 0 unspecified atom stereocenters. The Morgan fingerprint density at radius 1 is 1.00 bits per heavy atom. The molecule has 2 N–H and O–H groups in total. The summed E-state index contributed by atoms with van der Waals surface area (Å²) >= 11 is 0. The Kier molecular flexibility index (Phi) is 5.13. The molecule has 3 aromatic rings. The van der Waals surface area contributed by atoms with Crippen molar-refractivity contribution in [1.29, 1.82) is 0 Å². The summed E-state index contributed by atoms with van der Waals surface area (Å²) in [7, 11) is 2.21. The van der Waals surface area contributed by atoms with E-state index in [-0.39, 0.29) is 12.7 Å². The lowest BCUT2D eigenvalue weighted by atomic mass is 10.1. The van der Waals surface area contributed by atoms with E-state index in [4.69, 9.17) is 9.47 Å². The number of likely N-dealkylation sites (N-methyl/N-ethyl adjacent to an activating group) is 1. The number of anilines is 2. The van der Waals surface area contributed by atoms with Crippen molar-refractivity contribution in [2.75, 3.05) is 50.2 Å². The second-order valence-corrected chi connectivity index (χ2v) is 7.82.